The average Bonchev–Trinajstić information content (AvgIpc) is 3.09. The maximum Gasteiger partial charge on any atom is 0.107 e. The lowest BCUT2D eigenvalue weighted by atomic mass is 9.87. The largest absolute Gasteiger partial charge is 0.349 e. The van der Waals surface area contributed by atoms with Crippen LogP contribution in [0.3, 0.4) is 0 Å². The van der Waals surface area contributed by atoms with Crippen LogP contribution in [0.2, 0.25) is 0 Å². The first-order valence-corrected chi connectivity index (χ1v) is 6.80. The van der Waals surface area contributed by atoms with Crippen molar-refractivity contribution in [2.75, 3.05) is 0 Å². The molecule has 0 aromatic carbocycles. The molecule has 0 bridgehead atoms. The van der Waals surface area contributed by atoms with E-state index in [1.54, 1.807) is 6.20 Å². The molecule has 0 unspecified atom stereocenters. The van der Waals surface area contributed by atoms with E-state index in [-0.39, 0.29) is 0 Å². The fraction of sp³-hybridized carbons (Fsp3) is 0.615. The molecule has 1 saturated carbocycles. The summed E-state index contributed by atoms with van der Waals surface area (Å²) >= 11 is 0. The summed E-state index contributed by atoms with van der Waals surface area (Å²) in [6.07, 6.45) is 13.2. The first-order chi connectivity index (χ1) is 8.92. The van der Waals surface area contributed by atoms with Gasteiger partial charge in [0.1, 0.15) is 5.82 Å². The van der Waals surface area contributed by atoms with Crippen molar-refractivity contribution in [3.05, 3.63) is 30.1 Å². The van der Waals surface area contributed by atoms with Crippen LogP contribution in [0.25, 0.3) is 0 Å². The molecule has 0 radical (unpaired) electrons. The van der Waals surface area contributed by atoms with Gasteiger partial charge in [-0.05, 0) is 12.8 Å². The third kappa shape index (κ3) is 2.60. The second kappa shape index (κ2) is 5.33. The predicted molar refractivity (Wildman–Crippen MR) is 68.1 cm³/mol. The zero-order valence-corrected chi connectivity index (χ0v) is 10.5. The number of nitrogens with one attached hydrogen (secondary N) is 1. The van der Waals surface area contributed by atoms with Gasteiger partial charge >= 0.3 is 0 Å². The number of hydrogen-bond donors (Lipinski definition) is 1. The maximum atomic E-state index is 4.32. The molecule has 1 N–H and O–H groups in total. The van der Waals surface area contributed by atoms with Gasteiger partial charge in [-0.2, -0.15) is 0 Å². The van der Waals surface area contributed by atoms with E-state index in [1.807, 2.05) is 10.9 Å². The molecular formula is C13H19N5. The quantitative estimate of drug-likeness (QED) is 0.899. The van der Waals surface area contributed by atoms with Gasteiger partial charge in [0.05, 0.1) is 5.69 Å². The van der Waals surface area contributed by atoms with Crippen molar-refractivity contribution >= 4 is 0 Å². The first kappa shape index (κ1) is 11.4. The molecule has 2 aromatic rings. The lowest BCUT2D eigenvalue weighted by Gasteiger charge is -2.18. The Kier molecular flexibility index (Phi) is 3.39. The number of aromatic amines is 1. The molecule has 5 heteroatoms. The standard InChI is InChI=1S/C13H19N5/c1-2-4-11(5-3-1)12-10-18(17-16-12)9-6-13-14-7-8-15-13/h7-8,10-11H,1-6,9H2,(H,14,15). The molecular weight excluding hydrogens is 226 g/mol. The van der Waals surface area contributed by atoms with E-state index in [2.05, 4.69) is 26.5 Å². The van der Waals surface area contributed by atoms with Crippen molar-refractivity contribution in [1.29, 1.82) is 0 Å². The Morgan fingerprint density at radius 3 is 2.94 bits per heavy atom. The lowest BCUT2D eigenvalue weighted by Crippen LogP contribution is -2.05. The van der Waals surface area contributed by atoms with E-state index in [4.69, 9.17) is 0 Å². The van der Waals surface area contributed by atoms with E-state index in [0.717, 1.165) is 18.8 Å². The number of rotatable bonds is 4. The summed E-state index contributed by atoms with van der Waals surface area (Å²) in [6.45, 7) is 0.841. The number of imidazole rings is 1. The van der Waals surface area contributed by atoms with Crippen LogP contribution < -0.4 is 0 Å². The fourth-order valence-electron chi connectivity index (χ4n) is 2.66. The second-order valence-electron chi connectivity index (χ2n) is 5.03. The third-order valence-corrected chi connectivity index (χ3v) is 3.71. The van der Waals surface area contributed by atoms with Crippen molar-refractivity contribution in [3.63, 3.8) is 0 Å². The molecule has 2 aromatic heterocycles. The zero-order chi connectivity index (χ0) is 12.2. The Hall–Kier alpha value is -1.65. The molecule has 18 heavy (non-hydrogen) atoms. The Morgan fingerprint density at radius 1 is 1.28 bits per heavy atom. The van der Waals surface area contributed by atoms with Crippen LogP contribution in [-0.4, -0.2) is 25.0 Å². The van der Waals surface area contributed by atoms with E-state index in [9.17, 15) is 0 Å². The summed E-state index contributed by atoms with van der Waals surface area (Å²) in [7, 11) is 0. The fourth-order valence-corrected chi connectivity index (χ4v) is 2.66. The van der Waals surface area contributed by atoms with E-state index < -0.39 is 0 Å². The minimum atomic E-state index is 0.635. The lowest BCUT2D eigenvalue weighted by molar-refractivity contribution is 0.436. The Bertz CT molecular complexity index is 467. The summed E-state index contributed by atoms with van der Waals surface area (Å²) in [5.41, 5.74) is 1.18. The molecule has 0 saturated heterocycles. The monoisotopic (exact) mass is 245 g/mol. The Morgan fingerprint density at radius 2 is 2.17 bits per heavy atom. The molecule has 0 spiro atoms. The minimum Gasteiger partial charge on any atom is -0.349 e. The van der Waals surface area contributed by atoms with Gasteiger partial charge in [-0.25, -0.2) is 4.98 Å². The van der Waals surface area contributed by atoms with E-state index in [1.165, 1.54) is 37.8 Å². The molecule has 0 amide bonds. The van der Waals surface area contributed by atoms with Crippen LogP contribution in [0.1, 0.15) is 49.5 Å². The van der Waals surface area contributed by atoms with E-state index in [0.29, 0.717) is 5.92 Å². The highest BCUT2D eigenvalue weighted by Gasteiger charge is 2.18. The molecule has 1 aliphatic rings. The maximum absolute atomic E-state index is 4.32. The number of H-pyrrole nitrogens is 1. The Labute approximate surface area is 107 Å². The summed E-state index contributed by atoms with van der Waals surface area (Å²) in [5, 5.41) is 8.54. The van der Waals surface area contributed by atoms with Crippen LogP contribution in [0.15, 0.2) is 18.6 Å². The summed E-state index contributed by atoms with van der Waals surface area (Å²) < 4.78 is 1.94. The van der Waals surface area contributed by atoms with Crippen LogP contribution in [0.5, 0.6) is 0 Å². The second-order valence-corrected chi connectivity index (χ2v) is 5.03. The van der Waals surface area contributed by atoms with Crippen LogP contribution in [0.4, 0.5) is 0 Å². The van der Waals surface area contributed by atoms with E-state index >= 15 is 0 Å². The van der Waals surface area contributed by atoms with Gasteiger partial charge in [0, 0.05) is 37.5 Å². The minimum absolute atomic E-state index is 0.635. The van der Waals surface area contributed by atoms with Gasteiger partial charge in [0.15, 0.2) is 0 Å². The first-order valence-electron chi connectivity index (χ1n) is 6.80. The van der Waals surface area contributed by atoms with Crippen molar-refractivity contribution in [2.45, 2.75) is 51.0 Å². The van der Waals surface area contributed by atoms with Crippen LogP contribution in [0, 0.1) is 0 Å². The smallest absolute Gasteiger partial charge is 0.107 e. The van der Waals surface area contributed by atoms with Crippen molar-refractivity contribution in [2.24, 2.45) is 0 Å². The molecule has 96 valence electrons. The average molecular weight is 245 g/mol. The molecule has 0 atom stereocenters. The number of nitrogens with zero attached hydrogens (tertiary/aromatic N) is 4. The summed E-state index contributed by atoms with van der Waals surface area (Å²) in [5.74, 6) is 1.64. The molecule has 1 fully saturated rings. The van der Waals surface area contributed by atoms with Gasteiger partial charge < -0.3 is 4.98 Å². The topological polar surface area (TPSA) is 59.4 Å². The van der Waals surface area contributed by atoms with Crippen molar-refractivity contribution in [3.8, 4) is 0 Å². The summed E-state index contributed by atoms with van der Waals surface area (Å²) in [6, 6.07) is 0. The third-order valence-electron chi connectivity index (χ3n) is 3.71. The predicted octanol–water partition coefficient (Wildman–Crippen LogP) is 2.29. The van der Waals surface area contributed by atoms with Gasteiger partial charge in [-0.3, -0.25) is 4.68 Å². The van der Waals surface area contributed by atoms with Crippen molar-refractivity contribution < 1.29 is 0 Å². The Balaban J connectivity index is 1.59. The van der Waals surface area contributed by atoms with Crippen molar-refractivity contribution in [1.82, 2.24) is 25.0 Å². The number of hydrogen-bond acceptors (Lipinski definition) is 3. The SMILES string of the molecule is c1c[nH]c(CCn2cc(C3CCCCC3)nn2)n1. The highest BCUT2D eigenvalue weighted by molar-refractivity contribution is 5.03. The van der Waals surface area contributed by atoms with Gasteiger partial charge in [0.25, 0.3) is 0 Å². The van der Waals surface area contributed by atoms with Gasteiger partial charge in [-0.15, -0.1) is 5.10 Å². The van der Waals surface area contributed by atoms with Gasteiger partial charge in [-0.1, -0.05) is 24.5 Å². The normalized spacial score (nSPS) is 17.1. The molecule has 0 aliphatic heterocycles. The molecule has 1 aliphatic carbocycles. The number of aromatic nitrogens is 5. The number of aryl methyl sites for hydroxylation is 2. The molecule has 5 nitrogen and oxygen atoms in total. The van der Waals surface area contributed by atoms with Crippen LogP contribution >= 0.6 is 0 Å². The molecule has 3 rings (SSSR count). The summed E-state index contributed by atoms with van der Waals surface area (Å²) in [4.78, 5) is 7.32. The zero-order valence-electron chi connectivity index (χ0n) is 10.5. The van der Waals surface area contributed by atoms with Gasteiger partial charge in [0.2, 0.25) is 0 Å². The highest BCUT2D eigenvalue weighted by atomic mass is 15.4. The highest BCUT2D eigenvalue weighted by Crippen LogP contribution is 2.30. The van der Waals surface area contributed by atoms with Crippen LogP contribution in [-0.2, 0) is 13.0 Å². The molecule has 2 heterocycles.